The number of fused-ring (bicyclic) bond motifs is 2. The lowest BCUT2D eigenvalue weighted by atomic mass is 9.94. The number of likely N-dealkylation sites (tertiary alicyclic amines) is 1. The first-order valence-electron chi connectivity index (χ1n) is 10.4. The molecule has 10 nitrogen and oxygen atoms in total. The molecule has 1 fully saturated rings. The Morgan fingerprint density at radius 2 is 2.19 bits per heavy atom. The molecule has 0 aliphatic carbocycles. The summed E-state index contributed by atoms with van der Waals surface area (Å²) in [4.78, 5) is 30.0. The number of ether oxygens (including phenoxy) is 1. The van der Waals surface area contributed by atoms with Crippen LogP contribution in [0.1, 0.15) is 19.3 Å². The van der Waals surface area contributed by atoms with Gasteiger partial charge in [0.15, 0.2) is 28.3 Å². The van der Waals surface area contributed by atoms with Gasteiger partial charge < -0.3 is 23.6 Å². The molecule has 11 heteroatoms. The van der Waals surface area contributed by atoms with Gasteiger partial charge in [0.2, 0.25) is 6.41 Å². The van der Waals surface area contributed by atoms with Crippen LogP contribution in [-0.2, 0) is 11.3 Å². The molecular weight excluding hydrogens is 430 g/mol. The molecule has 0 radical (unpaired) electrons. The maximum Gasteiger partial charge on any atom is 0.209 e. The summed E-state index contributed by atoms with van der Waals surface area (Å²) in [6, 6.07) is 3.70. The van der Waals surface area contributed by atoms with Crippen molar-refractivity contribution in [3.63, 3.8) is 0 Å². The minimum Gasteiger partial charge on any atom is -0.497 e. The van der Waals surface area contributed by atoms with Gasteiger partial charge >= 0.3 is 0 Å². The first kappa shape index (κ1) is 20.6. The molecule has 166 valence electrons. The molecule has 1 amide bonds. The van der Waals surface area contributed by atoms with E-state index in [9.17, 15) is 4.79 Å². The molecule has 0 bridgehead atoms. The average Bonchev–Trinajstić information content (AvgIpc) is 3.46. The second-order valence-electron chi connectivity index (χ2n) is 7.83. The van der Waals surface area contributed by atoms with Gasteiger partial charge in [0.25, 0.3) is 0 Å². The van der Waals surface area contributed by atoms with Gasteiger partial charge in [-0.05, 0) is 43.0 Å². The fraction of sp³-hybridized carbons (Fsp3) is 0.381. The van der Waals surface area contributed by atoms with E-state index in [1.807, 2.05) is 21.6 Å². The number of aromatic nitrogens is 5. The third-order valence-corrected chi connectivity index (χ3v) is 6.80. The van der Waals surface area contributed by atoms with Crippen molar-refractivity contribution in [2.24, 2.45) is 5.92 Å². The first-order chi connectivity index (χ1) is 15.6. The van der Waals surface area contributed by atoms with E-state index in [0.29, 0.717) is 39.1 Å². The lowest BCUT2D eigenvalue weighted by molar-refractivity contribution is -0.119. The van der Waals surface area contributed by atoms with Crippen molar-refractivity contribution in [1.82, 2.24) is 29.4 Å². The van der Waals surface area contributed by atoms with Crippen molar-refractivity contribution in [2.75, 3.05) is 20.2 Å². The molecule has 4 aromatic rings. The fourth-order valence-corrected chi connectivity index (χ4v) is 4.97. The maximum absolute atomic E-state index is 10.9. The Morgan fingerprint density at radius 3 is 2.97 bits per heavy atom. The van der Waals surface area contributed by atoms with Gasteiger partial charge in [-0.3, -0.25) is 10.2 Å². The molecule has 1 aliphatic rings. The number of methoxy groups -OCH3 is 1. The van der Waals surface area contributed by atoms with Crippen LogP contribution < -0.4 is 10.2 Å². The summed E-state index contributed by atoms with van der Waals surface area (Å²) >= 11 is 1.40. The van der Waals surface area contributed by atoms with E-state index in [2.05, 4.69) is 15.0 Å². The van der Waals surface area contributed by atoms with E-state index < -0.39 is 0 Å². The third kappa shape index (κ3) is 3.95. The van der Waals surface area contributed by atoms with Crippen LogP contribution in [0, 0.1) is 11.3 Å². The lowest BCUT2D eigenvalue weighted by Gasteiger charge is -2.29. The van der Waals surface area contributed by atoms with Crippen LogP contribution in [0.2, 0.25) is 0 Å². The third-order valence-electron chi connectivity index (χ3n) is 5.89. The molecular formula is C21H23N7O3S. The summed E-state index contributed by atoms with van der Waals surface area (Å²) in [6.45, 7) is 2.39. The van der Waals surface area contributed by atoms with Crippen LogP contribution in [0.4, 0.5) is 0 Å². The Balaban J connectivity index is 1.39. The number of H-pyrrole nitrogens is 1. The second kappa shape index (κ2) is 8.65. The Hall–Kier alpha value is -3.34. The van der Waals surface area contributed by atoms with E-state index in [-0.39, 0.29) is 5.49 Å². The van der Waals surface area contributed by atoms with E-state index >= 15 is 0 Å². The molecule has 1 aromatic carbocycles. The molecule has 0 atom stereocenters. The van der Waals surface area contributed by atoms with Crippen molar-refractivity contribution >= 4 is 40.4 Å². The summed E-state index contributed by atoms with van der Waals surface area (Å²) in [5, 5.41) is 8.84. The highest BCUT2D eigenvalue weighted by Crippen LogP contribution is 2.35. The molecule has 5 rings (SSSR count). The number of aryl methyl sites for hydroxylation is 1. The second-order valence-corrected chi connectivity index (χ2v) is 8.86. The fourth-order valence-electron chi connectivity index (χ4n) is 4.05. The number of rotatable bonds is 7. The zero-order chi connectivity index (χ0) is 22.1. The highest BCUT2D eigenvalue weighted by atomic mass is 32.2. The minimum absolute atomic E-state index is 0.158. The predicted molar refractivity (Wildman–Crippen MR) is 117 cm³/mol. The number of oxazole rings is 1. The normalized spacial score (nSPS) is 15.0. The molecule has 1 saturated heterocycles. The monoisotopic (exact) mass is 453 g/mol. The van der Waals surface area contributed by atoms with Crippen molar-refractivity contribution in [2.45, 2.75) is 35.9 Å². The minimum atomic E-state index is 0.158. The average molecular weight is 454 g/mol. The number of piperidine rings is 1. The van der Waals surface area contributed by atoms with Crippen LogP contribution in [0.3, 0.4) is 0 Å². The summed E-state index contributed by atoms with van der Waals surface area (Å²) in [7, 11) is 1.61. The number of carbonyl (C=O) groups excluding carboxylic acids is 1. The van der Waals surface area contributed by atoms with Gasteiger partial charge in [-0.2, -0.15) is 0 Å². The number of benzene rings is 1. The predicted octanol–water partition coefficient (Wildman–Crippen LogP) is 2.80. The maximum atomic E-state index is 10.9. The smallest absolute Gasteiger partial charge is 0.209 e. The number of hydrogen-bond donors (Lipinski definition) is 2. The Labute approximate surface area is 187 Å². The van der Waals surface area contributed by atoms with Crippen LogP contribution >= 0.6 is 11.8 Å². The zero-order valence-corrected chi connectivity index (χ0v) is 18.4. The standard InChI is InChI=1S/C21H23N7O3S/c1-30-14-8-15-18(31-11-24-15)16(9-14)32-21-25-17-19(22)23-10-28(20(17)26-21)7-4-13-2-5-27(12-29)6-3-13/h8-13,22H,2-7H2,1H3,(H,25,26). The zero-order valence-electron chi connectivity index (χ0n) is 17.6. The molecule has 3 aromatic heterocycles. The van der Waals surface area contributed by atoms with E-state index in [1.54, 1.807) is 13.4 Å². The Kier molecular flexibility index (Phi) is 5.56. The van der Waals surface area contributed by atoms with Crippen LogP contribution in [0.15, 0.2) is 39.3 Å². The first-order valence-corrected chi connectivity index (χ1v) is 11.2. The van der Waals surface area contributed by atoms with E-state index in [1.165, 1.54) is 18.2 Å². The van der Waals surface area contributed by atoms with Crippen LogP contribution in [0.25, 0.3) is 22.3 Å². The van der Waals surface area contributed by atoms with Crippen molar-refractivity contribution in [1.29, 1.82) is 5.41 Å². The number of imidazole rings is 1. The summed E-state index contributed by atoms with van der Waals surface area (Å²) < 4.78 is 12.9. The van der Waals surface area contributed by atoms with Gasteiger partial charge in [0.05, 0.1) is 18.3 Å². The highest BCUT2D eigenvalue weighted by Gasteiger charge is 2.19. The van der Waals surface area contributed by atoms with Crippen molar-refractivity contribution in [3.8, 4) is 5.75 Å². The van der Waals surface area contributed by atoms with Gasteiger partial charge in [-0.15, -0.1) is 0 Å². The van der Waals surface area contributed by atoms with E-state index in [0.717, 1.165) is 50.2 Å². The number of aromatic amines is 1. The van der Waals surface area contributed by atoms with Gasteiger partial charge in [-0.25, -0.2) is 15.0 Å². The topological polar surface area (TPSA) is 126 Å². The number of nitrogens with one attached hydrogen (secondary N) is 2. The number of nitrogens with zero attached hydrogens (tertiary/aromatic N) is 5. The largest absolute Gasteiger partial charge is 0.497 e. The molecule has 2 N–H and O–H groups in total. The SMILES string of the molecule is COc1cc(Sc2nc3c([nH]2)c(=N)ncn3CCC2CCN(C=O)CC2)c2ocnc2c1. The Morgan fingerprint density at radius 1 is 1.34 bits per heavy atom. The molecule has 1 aliphatic heterocycles. The van der Waals surface area contributed by atoms with Crippen molar-refractivity contribution in [3.05, 3.63) is 30.3 Å². The van der Waals surface area contributed by atoms with Gasteiger partial charge in [0.1, 0.15) is 16.8 Å². The molecule has 0 unspecified atom stereocenters. The number of carbonyl (C=O) groups is 1. The van der Waals surface area contributed by atoms with E-state index in [4.69, 9.17) is 19.5 Å². The van der Waals surface area contributed by atoms with Crippen molar-refractivity contribution < 1.29 is 13.9 Å². The molecule has 0 saturated carbocycles. The van der Waals surface area contributed by atoms with Crippen LogP contribution in [-0.4, -0.2) is 56.0 Å². The summed E-state index contributed by atoms with van der Waals surface area (Å²) in [5.41, 5.74) is 2.83. The van der Waals surface area contributed by atoms with Gasteiger partial charge in [0, 0.05) is 25.7 Å². The van der Waals surface area contributed by atoms with Crippen LogP contribution in [0.5, 0.6) is 5.75 Å². The summed E-state index contributed by atoms with van der Waals surface area (Å²) in [5.74, 6) is 1.25. The summed E-state index contributed by atoms with van der Waals surface area (Å²) in [6.07, 6.45) is 7.03. The molecule has 0 spiro atoms. The molecule has 32 heavy (non-hydrogen) atoms. The highest BCUT2D eigenvalue weighted by molar-refractivity contribution is 7.99. The lowest BCUT2D eigenvalue weighted by Crippen LogP contribution is -2.32. The van der Waals surface area contributed by atoms with Gasteiger partial charge in [-0.1, -0.05) is 0 Å². The number of amides is 1. The number of hydrogen-bond acceptors (Lipinski definition) is 8. The quantitative estimate of drug-likeness (QED) is 0.412. The Bertz CT molecular complexity index is 1320. The molecule has 4 heterocycles.